The average molecular weight is 226 g/mol. The van der Waals surface area contributed by atoms with Gasteiger partial charge in [0.1, 0.15) is 0 Å². The first-order valence-electron chi connectivity index (χ1n) is 6.69. The Morgan fingerprint density at radius 1 is 1.31 bits per heavy atom. The van der Waals surface area contributed by atoms with E-state index in [1.54, 1.807) is 0 Å². The second-order valence-corrected chi connectivity index (χ2v) is 6.05. The SMILES string of the molecule is CC1(C)CN(CC2CCCCC2N)CCO1. The highest BCUT2D eigenvalue weighted by Crippen LogP contribution is 2.25. The van der Waals surface area contributed by atoms with Gasteiger partial charge in [0, 0.05) is 25.7 Å². The number of ether oxygens (including phenoxy) is 1. The quantitative estimate of drug-likeness (QED) is 0.777. The van der Waals surface area contributed by atoms with Crippen molar-refractivity contribution in [3.05, 3.63) is 0 Å². The summed E-state index contributed by atoms with van der Waals surface area (Å²) in [7, 11) is 0. The van der Waals surface area contributed by atoms with Crippen LogP contribution in [0.2, 0.25) is 0 Å². The van der Waals surface area contributed by atoms with E-state index in [-0.39, 0.29) is 5.60 Å². The molecule has 2 unspecified atom stereocenters. The minimum Gasteiger partial charge on any atom is -0.373 e. The summed E-state index contributed by atoms with van der Waals surface area (Å²) in [5.41, 5.74) is 6.23. The van der Waals surface area contributed by atoms with Crippen LogP contribution in [0.3, 0.4) is 0 Å². The lowest BCUT2D eigenvalue weighted by Crippen LogP contribution is -2.51. The predicted octanol–water partition coefficient (Wildman–Crippen LogP) is 1.61. The average Bonchev–Trinajstić information content (AvgIpc) is 2.20. The highest BCUT2D eigenvalue weighted by atomic mass is 16.5. The van der Waals surface area contributed by atoms with Crippen LogP contribution in [0.1, 0.15) is 39.5 Å². The normalized spacial score (nSPS) is 36.2. The molecule has 1 aliphatic carbocycles. The van der Waals surface area contributed by atoms with Gasteiger partial charge in [0.2, 0.25) is 0 Å². The largest absolute Gasteiger partial charge is 0.373 e. The minimum atomic E-state index is 0.0248. The zero-order chi connectivity index (χ0) is 11.6. The van der Waals surface area contributed by atoms with Gasteiger partial charge in [0.05, 0.1) is 12.2 Å². The molecule has 94 valence electrons. The molecule has 2 aliphatic rings. The zero-order valence-corrected chi connectivity index (χ0v) is 10.7. The standard InChI is InChI=1S/C13H26N2O/c1-13(2)10-15(7-8-16-13)9-11-5-3-4-6-12(11)14/h11-12H,3-10,14H2,1-2H3. The molecule has 0 radical (unpaired) electrons. The molecule has 0 aromatic heterocycles. The van der Waals surface area contributed by atoms with E-state index in [0.29, 0.717) is 12.0 Å². The molecule has 0 amide bonds. The zero-order valence-electron chi connectivity index (χ0n) is 10.7. The van der Waals surface area contributed by atoms with Crippen LogP contribution in [0, 0.1) is 5.92 Å². The van der Waals surface area contributed by atoms with E-state index in [0.717, 1.165) is 19.7 Å². The van der Waals surface area contributed by atoms with E-state index in [4.69, 9.17) is 10.5 Å². The van der Waals surface area contributed by atoms with Crippen molar-refractivity contribution in [1.82, 2.24) is 4.90 Å². The van der Waals surface area contributed by atoms with Crippen molar-refractivity contribution >= 4 is 0 Å². The van der Waals surface area contributed by atoms with Crippen LogP contribution in [-0.4, -0.2) is 42.8 Å². The first-order valence-corrected chi connectivity index (χ1v) is 6.69. The molecule has 16 heavy (non-hydrogen) atoms. The van der Waals surface area contributed by atoms with E-state index < -0.39 is 0 Å². The van der Waals surface area contributed by atoms with Crippen molar-refractivity contribution in [3.63, 3.8) is 0 Å². The highest BCUT2D eigenvalue weighted by molar-refractivity contribution is 4.85. The third kappa shape index (κ3) is 3.19. The maximum absolute atomic E-state index is 6.21. The second kappa shape index (κ2) is 5.03. The maximum Gasteiger partial charge on any atom is 0.0753 e. The lowest BCUT2D eigenvalue weighted by molar-refractivity contribution is -0.0903. The molecule has 2 atom stereocenters. The number of morpholine rings is 1. The van der Waals surface area contributed by atoms with Crippen LogP contribution < -0.4 is 5.73 Å². The van der Waals surface area contributed by atoms with Gasteiger partial charge in [0.25, 0.3) is 0 Å². The van der Waals surface area contributed by atoms with Gasteiger partial charge in [0.15, 0.2) is 0 Å². The summed E-state index contributed by atoms with van der Waals surface area (Å²) in [6, 6.07) is 0.430. The van der Waals surface area contributed by atoms with E-state index in [9.17, 15) is 0 Å². The molecule has 1 aliphatic heterocycles. The number of rotatable bonds is 2. The molecule has 2 N–H and O–H groups in total. The Balaban J connectivity index is 1.84. The maximum atomic E-state index is 6.21. The fourth-order valence-electron chi connectivity index (χ4n) is 3.06. The summed E-state index contributed by atoms with van der Waals surface area (Å²) in [4.78, 5) is 2.54. The third-order valence-electron chi connectivity index (χ3n) is 3.97. The molecule has 2 rings (SSSR count). The van der Waals surface area contributed by atoms with Gasteiger partial charge in [-0.2, -0.15) is 0 Å². The summed E-state index contributed by atoms with van der Waals surface area (Å²) >= 11 is 0. The Morgan fingerprint density at radius 2 is 2.06 bits per heavy atom. The third-order valence-corrected chi connectivity index (χ3v) is 3.97. The first-order chi connectivity index (χ1) is 7.57. The number of hydrogen-bond acceptors (Lipinski definition) is 3. The molecule has 1 heterocycles. The predicted molar refractivity (Wildman–Crippen MR) is 66.4 cm³/mol. The molecule has 1 saturated heterocycles. The summed E-state index contributed by atoms with van der Waals surface area (Å²) in [5, 5.41) is 0. The summed E-state index contributed by atoms with van der Waals surface area (Å²) in [6.07, 6.45) is 5.23. The van der Waals surface area contributed by atoms with Crippen LogP contribution >= 0.6 is 0 Å². The molecule has 0 aromatic rings. The first kappa shape index (κ1) is 12.3. The van der Waals surface area contributed by atoms with Gasteiger partial charge in [-0.25, -0.2) is 0 Å². The van der Waals surface area contributed by atoms with Gasteiger partial charge < -0.3 is 10.5 Å². The van der Waals surface area contributed by atoms with Gasteiger partial charge >= 0.3 is 0 Å². The lowest BCUT2D eigenvalue weighted by atomic mass is 9.84. The fraction of sp³-hybridized carbons (Fsp3) is 1.00. The summed E-state index contributed by atoms with van der Waals surface area (Å²) < 4.78 is 5.74. The van der Waals surface area contributed by atoms with Crippen LogP contribution in [0.4, 0.5) is 0 Å². The molecule has 0 bridgehead atoms. The summed E-state index contributed by atoms with van der Waals surface area (Å²) in [5.74, 6) is 0.711. The van der Waals surface area contributed by atoms with Gasteiger partial charge in [-0.05, 0) is 32.6 Å². The topological polar surface area (TPSA) is 38.5 Å². The van der Waals surface area contributed by atoms with Crippen LogP contribution in [0.5, 0.6) is 0 Å². The number of hydrogen-bond donors (Lipinski definition) is 1. The Kier molecular flexibility index (Phi) is 3.88. The molecule has 0 aromatic carbocycles. The Hall–Kier alpha value is -0.120. The van der Waals surface area contributed by atoms with Crippen molar-refractivity contribution in [2.45, 2.75) is 51.2 Å². The van der Waals surface area contributed by atoms with E-state index >= 15 is 0 Å². The van der Waals surface area contributed by atoms with Crippen molar-refractivity contribution in [2.24, 2.45) is 11.7 Å². The van der Waals surface area contributed by atoms with Gasteiger partial charge in [-0.15, -0.1) is 0 Å². The molecular weight excluding hydrogens is 200 g/mol. The number of nitrogens with two attached hydrogens (primary N) is 1. The van der Waals surface area contributed by atoms with Crippen molar-refractivity contribution < 1.29 is 4.74 Å². The fourth-order valence-corrected chi connectivity index (χ4v) is 3.06. The molecule has 2 fully saturated rings. The van der Waals surface area contributed by atoms with E-state index in [2.05, 4.69) is 18.7 Å². The second-order valence-electron chi connectivity index (χ2n) is 6.05. The van der Waals surface area contributed by atoms with Crippen LogP contribution in [0.15, 0.2) is 0 Å². The monoisotopic (exact) mass is 226 g/mol. The highest BCUT2D eigenvalue weighted by Gasteiger charge is 2.30. The summed E-state index contributed by atoms with van der Waals surface area (Å²) in [6.45, 7) is 8.53. The molecule has 3 nitrogen and oxygen atoms in total. The Morgan fingerprint density at radius 3 is 2.75 bits per heavy atom. The van der Waals surface area contributed by atoms with Crippen LogP contribution in [0.25, 0.3) is 0 Å². The Bertz CT molecular complexity index is 230. The smallest absolute Gasteiger partial charge is 0.0753 e. The van der Waals surface area contributed by atoms with Crippen molar-refractivity contribution in [2.75, 3.05) is 26.2 Å². The minimum absolute atomic E-state index is 0.0248. The lowest BCUT2D eigenvalue weighted by Gasteiger charge is -2.41. The van der Waals surface area contributed by atoms with Crippen molar-refractivity contribution in [1.29, 1.82) is 0 Å². The van der Waals surface area contributed by atoms with Crippen molar-refractivity contribution in [3.8, 4) is 0 Å². The number of nitrogens with zero attached hydrogens (tertiary/aromatic N) is 1. The van der Waals surface area contributed by atoms with E-state index in [1.165, 1.54) is 32.2 Å². The molecular formula is C13H26N2O. The van der Waals surface area contributed by atoms with Gasteiger partial charge in [-0.1, -0.05) is 12.8 Å². The van der Waals surface area contributed by atoms with Crippen LogP contribution in [-0.2, 0) is 4.74 Å². The van der Waals surface area contributed by atoms with E-state index in [1.807, 2.05) is 0 Å². The van der Waals surface area contributed by atoms with Gasteiger partial charge in [-0.3, -0.25) is 4.90 Å². The molecule has 3 heteroatoms. The Labute approximate surface area is 99.3 Å². The molecule has 1 saturated carbocycles. The molecule has 0 spiro atoms.